The molecule has 0 radical (unpaired) electrons. The number of benzene rings is 3. The molecule has 0 unspecified atom stereocenters. The van der Waals surface area contributed by atoms with E-state index in [2.05, 4.69) is 74.5 Å². The maximum absolute atomic E-state index is 2.35. The van der Waals surface area contributed by atoms with Gasteiger partial charge < -0.3 is 0 Å². The Hall–Kier alpha value is -2.08. The topological polar surface area (TPSA) is 0 Å². The molecule has 0 heterocycles. The van der Waals surface area contributed by atoms with E-state index in [1.165, 1.54) is 78.0 Å². The number of fused-ring (bicyclic) bond motifs is 1. The molecule has 1 aliphatic rings. The Morgan fingerprint density at radius 3 is 1.96 bits per heavy atom. The van der Waals surface area contributed by atoms with Gasteiger partial charge in [0.25, 0.3) is 0 Å². The third-order valence-corrected chi connectivity index (χ3v) is 6.99. The van der Waals surface area contributed by atoms with Gasteiger partial charge >= 0.3 is 0 Å². The first-order valence-corrected chi connectivity index (χ1v) is 11.4. The zero-order chi connectivity index (χ0) is 19.3. The summed E-state index contributed by atoms with van der Waals surface area (Å²) in [5.41, 5.74) is 5.55. The van der Waals surface area contributed by atoms with E-state index in [-0.39, 0.29) is 0 Å². The van der Waals surface area contributed by atoms with E-state index >= 15 is 0 Å². The molecule has 1 saturated carbocycles. The lowest BCUT2D eigenvalue weighted by Crippen LogP contribution is -2.14. The van der Waals surface area contributed by atoms with E-state index in [0.29, 0.717) is 0 Å². The smallest absolute Gasteiger partial charge is 0.0178 e. The third kappa shape index (κ3) is 4.49. The highest BCUT2D eigenvalue weighted by Crippen LogP contribution is 2.33. The predicted octanol–water partition coefficient (Wildman–Crippen LogP) is 8.22. The summed E-state index contributed by atoms with van der Waals surface area (Å²) in [6.45, 7) is 4.57. The van der Waals surface area contributed by atoms with E-state index in [1.807, 2.05) is 0 Å². The zero-order valence-corrected chi connectivity index (χ0v) is 17.6. The maximum atomic E-state index is 2.35. The molecule has 4 rings (SSSR count). The molecular weight excluding hydrogens is 336 g/mol. The Kier molecular flexibility index (Phi) is 6.15. The lowest BCUT2D eigenvalue weighted by Gasteiger charge is -2.27. The first-order chi connectivity index (χ1) is 13.7. The lowest BCUT2D eigenvalue weighted by atomic mass is 9.78. The summed E-state index contributed by atoms with van der Waals surface area (Å²) in [5, 5.41) is 2.68. The van der Waals surface area contributed by atoms with Crippen molar-refractivity contribution in [2.24, 2.45) is 11.8 Å². The van der Waals surface area contributed by atoms with Crippen LogP contribution in [-0.2, 0) is 12.8 Å². The quantitative estimate of drug-likeness (QED) is 0.410. The third-order valence-electron chi connectivity index (χ3n) is 6.99. The van der Waals surface area contributed by atoms with Crippen LogP contribution in [0.3, 0.4) is 0 Å². The van der Waals surface area contributed by atoms with Crippen molar-refractivity contribution in [1.29, 1.82) is 0 Å². The van der Waals surface area contributed by atoms with Gasteiger partial charge in [0.05, 0.1) is 0 Å². The van der Waals surface area contributed by atoms with Gasteiger partial charge in [-0.05, 0) is 70.2 Å². The summed E-state index contributed by atoms with van der Waals surface area (Å²) < 4.78 is 0. The molecule has 0 aliphatic heterocycles. The Bertz CT molecular complexity index is 895. The van der Waals surface area contributed by atoms with Gasteiger partial charge in [-0.1, -0.05) is 101 Å². The van der Waals surface area contributed by atoms with Crippen LogP contribution in [0.4, 0.5) is 0 Å². The fourth-order valence-corrected chi connectivity index (χ4v) is 4.86. The van der Waals surface area contributed by atoms with Gasteiger partial charge in [0, 0.05) is 0 Å². The van der Waals surface area contributed by atoms with Crippen LogP contribution >= 0.6 is 0 Å². The van der Waals surface area contributed by atoms with E-state index in [0.717, 1.165) is 18.3 Å². The molecular formula is C28H34. The molecule has 0 bridgehead atoms. The van der Waals surface area contributed by atoms with Crippen LogP contribution in [0, 0.1) is 11.8 Å². The average Bonchev–Trinajstić information content (AvgIpc) is 2.77. The molecule has 1 aliphatic carbocycles. The van der Waals surface area contributed by atoms with Crippen molar-refractivity contribution in [3.05, 3.63) is 71.8 Å². The minimum Gasteiger partial charge on any atom is -0.0651 e. The number of rotatable bonds is 6. The van der Waals surface area contributed by atoms with Crippen molar-refractivity contribution >= 4 is 10.8 Å². The Morgan fingerprint density at radius 2 is 1.25 bits per heavy atom. The van der Waals surface area contributed by atoms with Crippen molar-refractivity contribution in [1.82, 2.24) is 0 Å². The van der Waals surface area contributed by atoms with Crippen LogP contribution in [0.25, 0.3) is 21.9 Å². The predicted molar refractivity (Wildman–Crippen MR) is 123 cm³/mol. The first-order valence-electron chi connectivity index (χ1n) is 11.4. The molecule has 0 N–H and O–H groups in total. The van der Waals surface area contributed by atoms with Gasteiger partial charge in [-0.3, -0.25) is 0 Å². The maximum Gasteiger partial charge on any atom is -0.0178 e. The van der Waals surface area contributed by atoms with Crippen molar-refractivity contribution in [2.75, 3.05) is 0 Å². The molecule has 1 fully saturated rings. The monoisotopic (exact) mass is 370 g/mol. The van der Waals surface area contributed by atoms with Crippen LogP contribution in [-0.4, -0.2) is 0 Å². The van der Waals surface area contributed by atoms with E-state index in [4.69, 9.17) is 0 Å². The summed E-state index contributed by atoms with van der Waals surface area (Å²) in [4.78, 5) is 0. The SMILES string of the molecule is CCc1ccc2cc(-c3ccc(CCC4CCC(CC)CC4)cc3)ccc2c1. The van der Waals surface area contributed by atoms with Crippen molar-refractivity contribution in [3.8, 4) is 11.1 Å². The Balaban J connectivity index is 1.39. The zero-order valence-electron chi connectivity index (χ0n) is 17.6. The van der Waals surface area contributed by atoms with E-state index in [1.54, 1.807) is 0 Å². The summed E-state index contributed by atoms with van der Waals surface area (Å²) in [6.07, 6.45) is 10.9. The lowest BCUT2D eigenvalue weighted by molar-refractivity contribution is 0.259. The van der Waals surface area contributed by atoms with Crippen LogP contribution in [0.15, 0.2) is 60.7 Å². The van der Waals surface area contributed by atoms with Crippen LogP contribution < -0.4 is 0 Å². The summed E-state index contributed by atoms with van der Waals surface area (Å²) >= 11 is 0. The summed E-state index contributed by atoms with van der Waals surface area (Å²) in [5.74, 6) is 1.96. The van der Waals surface area contributed by atoms with Crippen LogP contribution in [0.5, 0.6) is 0 Å². The molecule has 146 valence electrons. The van der Waals surface area contributed by atoms with E-state index < -0.39 is 0 Å². The van der Waals surface area contributed by atoms with Crippen molar-refractivity contribution < 1.29 is 0 Å². The summed E-state index contributed by atoms with van der Waals surface area (Å²) in [7, 11) is 0. The molecule has 0 nitrogen and oxygen atoms in total. The number of hydrogen-bond acceptors (Lipinski definition) is 0. The Labute approximate surface area is 171 Å². The standard InChI is InChI=1S/C28H34/c1-3-21-5-7-23(8-6-21)9-10-24-12-14-25(15-13-24)27-18-17-26-19-22(4-2)11-16-28(26)20-27/h11-21,23H,3-10H2,1-2H3. The molecule has 0 heteroatoms. The second-order valence-electron chi connectivity index (χ2n) is 8.78. The highest BCUT2D eigenvalue weighted by molar-refractivity contribution is 5.87. The Morgan fingerprint density at radius 1 is 0.643 bits per heavy atom. The fourth-order valence-electron chi connectivity index (χ4n) is 4.86. The first kappa shape index (κ1) is 19.2. The van der Waals surface area contributed by atoms with Crippen LogP contribution in [0.2, 0.25) is 0 Å². The van der Waals surface area contributed by atoms with Crippen LogP contribution in [0.1, 0.15) is 63.5 Å². The normalized spacial score (nSPS) is 19.8. The highest BCUT2D eigenvalue weighted by atomic mass is 14.2. The molecule has 0 spiro atoms. The number of hydrogen-bond donors (Lipinski definition) is 0. The molecule has 0 atom stereocenters. The highest BCUT2D eigenvalue weighted by Gasteiger charge is 2.19. The minimum atomic E-state index is 0.955. The minimum absolute atomic E-state index is 0.955. The van der Waals surface area contributed by atoms with E-state index in [9.17, 15) is 0 Å². The molecule has 28 heavy (non-hydrogen) atoms. The molecule has 0 aromatic heterocycles. The van der Waals surface area contributed by atoms with Gasteiger partial charge in [-0.15, -0.1) is 0 Å². The molecule has 3 aromatic rings. The second kappa shape index (κ2) is 8.95. The van der Waals surface area contributed by atoms with Gasteiger partial charge in [0.2, 0.25) is 0 Å². The molecule has 0 amide bonds. The van der Waals surface area contributed by atoms with Crippen molar-refractivity contribution in [2.45, 2.75) is 65.2 Å². The van der Waals surface area contributed by atoms with Crippen molar-refractivity contribution in [3.63, 3.8) is 0 Å². The van der Waals surface area contributed by atoms with Gasteiger partial charge in [0.1, 0.15) is 0 Å². The second-order valence-corrected chi connectivity index (χ2v) is 8.78. The van der Waals surface area contributed by atoms with Gasteiger partial charge in [-0.25, -0.2) is 0 Å². The number of aryl methyl sites for hydroxylation is 2. The largest absolute Gasteiger partial charge is 0.0651 e. The fraction of sp³-hybridized carbons (Fsp3) is 0.429. The molecule has 3 aromatic carbocycles. The van der Waals surface area contributed by atoms with Gasteiger partial charge in [0.15, 0.2) is 0 Å². The molecule has 0 saturated heterocycles. The average molecular weight is 371 g/mol. The van der Waals surface area contributed by atoms with Gasteiger partial charge in [-0.2, -0.15) is 0 Å². The summed E-state index contributed by atoms with van der Waals surface area (Å²) in [6, 6.07) is 23.0.